The molecular formula is C14H23NS. The van der Waals surface area contributed by atoms with Gasteiger partial charge in [0.25, 0.3) is 0 Å². The van der Waals surface area contributed by atoms with Crippen molar-refractivity contribution >= 4 is 11.3 Å². The number of aryl methyl sites for hydroxylation is 2. The number of rotatable bonds is 5. The van der Waals surface area contributed by atoms with Gasteiger partial charge in [0.2, 0.25) is 0 Å². The standard InChI is InChI=1S/C14H23NS/c1-4-10(3)14(15-5-2)13-9-11-7-6-8-12(11)16-13/h9-10,14-15H,4-8H2,1-3H3. The van der Waals surface area contributed by atoms with Crippen LogP contribution in [0.25, 0.3) is 0 Å². The Morgan fingerprint density at radius 2 is 2.19 bits per heavy atom. The quantitative estimate of drug-likeness (QED) is 0.818. The molecule has 0 aromatic carbocycles. The van der Waals surface area contributed by atoms with Crippen molar-refractivity contribution in [2.45, 2.75) is 52.5 Å². The molecule has 90 valence electrons. The molecular weight excluding hydrogens is 214 g/mol. The van der Waals surface area contributed by atoms with E-state index < -0.39 is 0 Å². The van der Waals surface area contributed by atoms with E-state index in [1.165, 1.54) is 25.7 Å². The highest BCUT2D eigenvalue weighted by Crippen LogP contribution is 2.36. The molecule has 0 bridgehead atoms. The molecule has 1 nitrogen and oxygen atoms in total. The summed E-state index contributed by atoms with van der Waals surface area (Å²) in [5.74, 6) is 0.735. The van der Waals surface area contributed by atoms with Crippen LogP contribution in [0.2, 0.25) is 0 Å². The second-order valence-corrected chi connectivity index (χ2v) is 6.04. The van der Waals surface area contributed by atoms with Crippen molar-refractivity contribution in [1.29, 1.82) is 0 Å². The third-order valence-corrected chi connectivity index (χ3v) is 5.03. The van der Waals surface area contributed by atoms with Crippen LogP contribution in [0.15, 0.2) is 6.07 Å². The predicted molar refractivity (Wildman–Crippen MR) is 72.2 cm³/mol. The Kier molecular flexibility index (Phi) is 4.04. The van der Waals surface area contributed by atoms with Crippen molar-refractivity contribution in [2.75, 3.05) is 6.54 Å². The number of nitrogens with one attached hydrogen (secondary N) is 1. The monoisotopic (exact) mass is 237 g/mol. The van der Waals surface area contributed by atoms with Crippen molar-refractivity contribution in [1.82, 2.24) is 5.32 Å². The van der Waals surface area contributed by atoms with E-state index in [1.807, 2.05) is 0 Å². The molecule has 2 rings (SSSR count). The lowest BCUT2D eigenvalue weighted by Crippen LogP contribution is -2.25. The molecule has 1 aliphatic carbocycles. The maximum atomic E-state index is 3.65. The van der Waals surface area contributed by atoms with Crippen LogP contribution in [0, 0.1) is 5.92 Å². The predicted octanol–water partition coefficient (Wildman–Crippen LogP) is 3.93. The molecule has 0 radical (unpaired) electrons. The number of thiophene rings is 1. The Labute approximate surface area is 103 Å². The third-order valence-electron chi connectivity index (χ3n) is 3.71. The average Bonchev–Trinajstić information content (AvgIpc) is 2.84. The highest BCUT2D eigenvalue weighted by Gasteiger charge is 2.22. The molecule has 0 aliphatic heterocycles. The molecule has 1 heterocycles. The van der Waals surface area contributed by atoms with Gasteiger partial charge in [0.05, 0.1) is 0 Å². The summed E-state index contributed by atoms with van der Waals surface area (Å²) in [5, 5.41) is 3.65. The molecule has 2 unspecified atom stereocenters. The minimum atomic E-state index is 0.575. The fourth-order valence-corrected chi connectivity index (χ4v) is 4.01. The zero-order valence-electron chi connectivity index (χ0n) is 10.7. The van der Waals surface area contributed by atoms with Crippen molar-refractivity contribution in [2.24, 2.45) is 5.92 Å². The van der Waals surface area contributed by atoms with Crippen LogP contribution in [0.4, 0.5) is 0 Å². The van der Waals surface area contributed by atoms with Crippen LogP contribution in [0.5, 0.6) is 0 Å². The molecule has 1 aliphatic rings. The highest BCUT2D eigenvalue weighted by atomic mass is 32.1. The summed E-state index contributed by atoms with van der Waals surface area (Å²) >= 11 is 2.05. The van der Waals surface area contributed by atoms with E-state index in [4.69, 9.17) is 0 Å². The minimum absolute atomic E-state index is 0.575. The molecule has 16 heavy (non-hydrogen) atoms. The van der Waals surface area contributed by atoms with Crippen molar-refractivity contribution < 1.29 is 0 Å². The van der Waals surface area contributed by atoms with Gasteiger partial charge in [-0.05, 0) is 43.4 Å². The van der Waals surface area contributed by atoms with Gasteiger partial charge in [0, 0.05) is 15.8 Å². The molecule has 0 spiro atoms. The first-order valence-electron chi connectivity index (χ1n) is 6.61. The lowest BCUT2D eigenvalue weighted by Gasteiger charge is -2.22. The smallest absolute Gasteiger partial charge is 0.0440 e. The zero-order valence-corrected chi connectivity index (χ0v) is 11.5. The van der Waals surface area contributed by atoms with Gasteiger partial charge in [0.1, 0.15) is 0 Å². The Balaban J connectivity index is 2.17. The molecule has 2 atom stereocenters. The van der Waals surface area contributed by atoms with Crippen LogP contribution < -0.4 is 5.32 Å². The van der Waals surface area contributed by atoms with Crippen molar-refractivity contribution in [3.8, 4) is 0 Å². The third kappa shape index (κ3) is 2.33. The number of hydrogen-bond donors (Lipinski definition) is 1. The van der Waals surface area contributed by atoms with Crippen LogP contribution in [0.3, 0.4) is 0 Å². The van der Waals surface area contributed by atoms with E-state index >= 15 is 0 Å². The summed E-state index contributed by atoms with van der Waals surface area (Å²) in [7, 11) is 0. The summed E-state index contributed by atoms with van der Waals surface area (Å²) in [6, 6.07) is 3.04. The molecule has 0 saturated heterocycles. The number of fused-ring (bicyclic) bond motifs is 1. The topological polar surface area (TPSA) is 12.0 Å². The highest BCUT2D eigenvalue weighted by molar-refractivity contribution is 7.12. The van der Waals surface area contributed by atoms with Gasteiger partial charge in [-0.15, -0.1) is 11.3 Å². The summed E-state index contributed by atoms with van der Waals surface area (Å²) < 4.78 is 0. The van der Waals surface area contributed by atoms with Gasteiger partial charge < -0.3 is 5.32 Å². The molecule has 0 saturated carbocycles. The van der Waals surface area contributed by atoms with Crippen molar-refractivity contribution in [3.05, 3.63) is 21.4 Å². The largest absolute Gasteiger partial charge is 0.309 e. The van der Waals surface area contributed by atoms with E-state index in [1.54, 1.807) is 15.3 Å². The first-order valence-corrected chi connectivity index (χ1v) is 7.42. The fraction of sp³-hybridized carbons (Fsp3) is 0.714. The zero-order chi connectivity index (χ0) is 11.5. The van der Waals surface area contributed by atoms with E-state index in [0.717, 1.165) is 12.5 Å². The van der Waals surface area contributed by atoms with Crippen LogP contribution in [-0.2, 0) is 12.8 Å². The summed E-state index contributed by atoms with van der Waals surface area (Å²) in [4.78, 5) is 3.22. The van der Waals surface area contributed by atoms with Gasteiger partial charge in [-0.25, -0.2) is 0 Å². The van der Waals surface area contributed by atoms with Gasteiger partial charge in [-0.3, -0.25) is 0 Å². The lowest BCUT2D eigenvalue weighted by molar-refractivity contribution is 0.389. The average molecular weight is 237 g/mol. The molecule has 0 fully saturated rings. The van der Waals surface area contributed by atoms with Crippen LogP contribution in [0.1, 0.15) is 55.0 Å². The van der Waals surface area contributed by atoms with E-state index in [-0.39, 0.29) is 0 Å². The first-order chi connectivity index (χ1) is 7.76. The Morgan fingerprint density at radius 1 is 1.38 bits per heavy atom. The Morgan fingerprint density at radius 3 is 2.81 bits per heavy atom. The van der Waals surface area contributed by atoms with Crippen LogP contribution in [-0.4, -0.2) is 6.54 Å². The second-order valence-electron chi connectivity index (χ2n) is 4.87. The van der Waals surface area contributed by atoms with Gasteiger partial charge >= 0.3 is 0 Å². The lowest BCUT2D eigenvalue weighted by atomic mass is 9.97. The van der Waals surface area contributed by atoms with Crippen LogP contribution >= 0.6 is 11.3 Å². The normalized spacial score (nSPS) is 18.4. The van der Waals surface area contributed by atoms with Gasteiger partial charge in [-0.1, -0.05) is 27.2 Å². The molecule has 1 aromatic heterocycles. The minimum Gasteiger partial charge on any atom is -0.309 e. The summed E-state index contributed by atoms with van der Waals surface area (Å²) in [6.45, 7) is 7.92. The molecule has 2 heteroatoms. The summed E-state index contributed by atoms with van der Waals surface area (Å²) in [6.07, 6.45) is 5.25. The molecule has 1 N–H and O–H groups in total. The summed E-state index contributed by atoms with van der Waals surface area (Å²) in [5.41, 5.74) is 1.63. The maximum Gasteiger partial charge on any atom is 0.0440 e. The van der Waals surface area contributed by atoms with E-state index in [2.05, 4.69) is 43.5 Å². The van der Waals surface area contributed by atoms with Gasteiger partial charge in [-0.2, -0.15) is 0 Å². The van der Waals surface area contributed by atoms with E-state index in [9.17, 15) is 0 Å². The Hall–Kier alpha value is -0.340. The fourth-order valence-electron chi connectivity index (χ4n) is 2.54. The maximum absolute atomic E-state index is 3.65. The SMILES string of the molecule is CCNC(c1cc2c(s1)CCC2)C(C)CC. The van der Waals surface area contributed by atoms with Gasteiger partial charge in [0.15, 0.2) is 0 Å². The Bertz CT molecular complexity index is 321. The molecule has 0 amide bonds. The first kappa shape index (κ1) is 12.1. The van der Waals surface area contributed by atoms with Crippen molar-refractivity contribution in [3.63, 3.8) is 0 Å². The number of hydrogen-bond acceptors (Lipinski definition) is 2. The molecule has 1 aromatic rings. The second kappa shape index (κ2) is 5.33. The van der Waals surface area contributed by atoms with E-state index in [0.29, 0.717) is 6.04 Å².